The number of piperidine rings is 1. The number of halogens is 2. The molecule has 7 heteroatoms. The van der Waals surface area contributed by atoms with Gasteiger partial charge in [-0.25, -0.2) is 4.39 Å². The van der Waals surface area contributed by atoms with Gasteiger partial charge in [0, 0.05) is 29.8 Å². The van der Waals surface area contributed by atoms with Gasteiger partial charge in [-0.15, -0.1) is 0 Å². The molecule has 2 aromatic carbocycles. The topological polar surface area (TPSA) is 44.8 Å². The number of anilines is 1. The summed E-state index contributed by atoms with van der Waals surface area (Å²) in [5, 5.41) is 3.56. The van der Waals surface area contributed by atoms with Gasteiger partial charge < -0.3 is 15.0 Å². The molecule has 156 valence electrons. The molecule has 0 aromatic heterocycles. The van der Waals surface area contributed by atoms with Gasteiger partial charge in [-0.2, -0.15) is 0 Å². The molecule has 1 heterocycles. The van der Waals surface area contributed by atoms with Crippen molar-refractivity contribution in [2.75, 3.05) is 44.7 Å². The van der Waals surface area contributed by atoms with Crippen LogP contribution >= 0.6 is 11.6 Å². The molecule has 1 aliphatic heterocycles. The van der Waals surface area contributed by atoms with Crippen LogP contribution in [0.15, 0.2) is 48.5 Å². The zero-order valence-electron chi connectivity index (χ0n) is 16.6. The van der Waals surface area contributed by atoms with Crippen LogP contribution < -0.4 is 15.0 Å². The molecule has 0 saturated carbocycles. The monoisotopic (exact) mass is 419 g/mol. The van der Waals surface area contributed by atoms with E-state index >= 15 is 0 Å². The summed E-state index contributed by atoms with van der Waals surface area (Å²) in [7, 11) is 1.99. The summed E-state index contributed by atoms with van der Waals surface area (Å²) in [5.74, 6) is 0.509. The first-order valence-electron chi connectivity index (χ1n) is 9.87. The van der Waals surface area contributed by atoms with Gasteiger partial charge in [-0.1, -0.05) is 11.6 Å². The highest BCUT2D eigenvalue weighted by Crippen LogP contribution is 2.22. The number of benzene rings is 2. The predicted octanol–water partition coefficient (Wildman–Crippen LogP) is 3.57. The molecule has 2 aromatic rings. The average Bonchev–Trinajstić information content (AvgIpc) is 2.73. The Morgan fingerprint density at radius 3 is 2.48 bits per heavy atom. The molecular formula is C22H27ClFN3O2. The van der Waals surface area contributed by atoms with E-state index in [0.717, 1.165) is 37.4 Å². The Bertz CT molecular complexity index is 778. The lowest BCUT2D eigenvalue weighted by Gasteiger charge is -2.37. The fourth-order valence-electron chi connectivity index (χ4n) is 3.52. The Morgan fingerprint density at radius 1 is 1.17 bits per heavy atom. The van der Waals surface area contributed by atoms with E-state index < -0.39 is 0 Å². The SMILES string of the molecule is CN(CC(=O)NCCOc1ccc(Cl)cc1)C1CCN(c2ccc(F)cc2)CC1. The molecule has 1 fully saturated rings. The number of ether oxygens (including phenoxy) is 1. The Labute approximate surface area is 176 Å². The third-order valence-electron chi connectivity index (χ3n) is 5.18. The van der Waals surface area contributed by atoms with E-state index in [1.54, 1.807) is 24.3 Å². The summed E-state index contributed by atoms with van der Waals surface area (Å²) in [4.78, 5) is 16.6. The Kier molecular flexibility index (Phi) is 7.72. The number of hydrogen-bond donors (Lipinski definition) is 1. The first-order chi connectivity index (χ1) is 14.0. The third kappa shape index (κ3) is 6.61. The highest BCUT2D eigenvalue weighted by Gasteiger charge is 2.23. The van der Waals surface area contributed by atoms with Crippen molar-refractivity contribution in [1.29, 1.82) is 0 Å². The fourth-order valence-corrected chi connectivity index (χ4v) is 3.64. The molecule has 1 saturated heterocycles. The van der Waals surface area contributed by atoms with E-state index in [4.69, 9.17) is 16.3 Å². The Morgan fingerprint density at radius 2 is 1.83 bits per heavy atom. The first-order valence-corrected chi connectivity index (χ1v) is 10.2. The zero-order valence-corrected chi connectivity index (χ0v) is 17.4. The van der Waals surface area contributed by atoms with Crippen molar-refractivity contribution in [2.24, 2.45) is 0 Å². The molecule has 1 N–H and O–H groups in total. The number of nitrogens with one attached hydrogen (secondary N) is 1. The average molecular weight is 420 g/mol. The lowest BCUT2D eigenvalue weighted by Crippen LogP contribution is -2.47. The van der Waals surface area contributed by atoms with Crippen LogP contribution in [0, 0.1) is 5.82 Å². The van der Waals surface area contributed by atoms with E-state index in [9.17, 15) is 9.18 Å². The lowest BCUT2D eigenvalue weighted by molar-refractivity contribution is -0.122. The molecule has 1 aliphatic rings. The van der Waals surface area contributed by atoms with Crippen LogP contribution in [0.25, 0.3) is 0 Å². The number of nitrogens with zero attached hydrogens (tertiary/aromatic N) is 2. The number of amides is 1. The molecule has 29 heavy (non-hydrogen) atoms. The van der Waals surface area contributed by atoms with Crippen molar-refractivity contribution in [3.63, 3.8) is 0 Å². The van der Waals surface area contributed by atoms with E-state index in [1.165, 1.54) is 12.1 Å². The maximum atomic E-state index is 13.1. The van der Waals surface area contributed by atoms with Crippen LogP contribution in [0.3, 0.4) is 0 Å². The molecule has 3 rings (SSSR count). The minimum Gasteiger partial charge on any atom is -0.492 e. The second-order valence-electron chi connectivity index (χ2n) is 7.26. The molecule has 0 atom stereocenters. The fraction of sp³-hybridized carbons (Fsp3) is 0.409. The predicted molar refractivity (Wildman–Crippen MR) is 114 cm³/mol. The standard InChI is InChI=1S/C22H27ClFN3O2/c1-26(16-22(28)25-12-15-29-21-8-2-17(23)3-9-21)19-10-13-27(14-11-19)20-6-4-18(24)5-7-20/h2-9,19H,10-16H2,1H3,(H,25,28). The van der Waals surface area contributed by atoms with E-state index in [1.807, 2.05) is 19.2 Å². The highest BCUT2D eigenvalue weighted by molar-refractivity contribution is 6.30. The highest BCUT2D eigenvalue weighted by atomic mass is 35.5. The van der Waals surface area contributed by atoms with Gasteiger partial charge in [0.05, 0.1) is 13.1 Å². The molecule has 1 amide bonds. The quantitative estimate of drug-likeness (QED) is 0.664. The summed E-state index contributed by atoms with van der Waals surface area (Å²) >= 11 is 5.84. The summed E-state index contributed by atoms with van der Waals surface area (Å²) in [5.41, 5.74) is 1.05. The maximum absolute atomic E-state index is 13.1. The largest absolute Gasteiger partial charge is 0.492 e. The molecule has 0 radical (unpaired) electrons. The first kappa shape index (κ1) is 21.4. The van der Waals surface area contributed by atoms with Gasteiger partial charge in [0.2, 0.25) is 5.91 Å². The Hall–Kier alpha value is -2.31. The van der Waals surface area contributed by atoms with Gasteiger partial charge in [-0.3, -0.25) is 9.69 Å². The zero-order chi connectivity index (χ0) is 20.6. The number of carbonyl (C=O) groups excluding carboxylic acids is 1. The van der Waals surface area contributed by atoms with Crippen molar-refractivity contribution in [2.45, 2.75) is 18.9 Å². The normalized spacial score (nSPS) is 14.8. The van der Waals surface area contributed by atoms with Crippen molar-refractivity contribution < 1.29 is 13.9 Å². The summed E-state index contributed by atoms with van der Waals surface area (Å²) in [6.45, 7) is 3.03. The van der Waals surface area contributed by atoms with Crippen LogP contribution in [-0.2, 0) is 4.79 Å². The number of likely N-dealkylation sites (N-methyl/N-ethyl adjacent to an activating group) is 1. The van der Waals surface area contributed by atoms with Crippen LogP contribution in [0.5, 0.6) is 5.75 Å². The van der Waals surface area contributed by atoms with Gasteiger partial charge in [-0.05, 0) is 68.4 Å². The second kappa shape index (κ2) is 10.5. The molecule has 0 spiro atoms. The van der Waals surface area contributed by atoms with Crippen molar-refractivity contribution in [3.8, 4) is 5.75 Å². The molecule has 0 bridgehead atoms. The van der Waals surface area contributed by atoms with Crippen LogP contribution in [0.1, 0.15) is 12.8 Å². The smallest absolute Gasteiger partial charge is 0.234 e. The van der Waals surface area contributed by atoms with Crippen molar-refractivity contribution >= 4 is 23.2 Å². The molecular weight excluding hydrogens is 393 g/mol. The maximum Gasteiger partial charge on any atom is 0.234 e. The van der Waals surface area contributed by atoms with Gasteiger partial charge in [0.15, 0.2) is 0 Å². The summed E-state index contributed by atoms with van der Waals surface area (Å²) < 4.78 is 18.7. The van der Waals surface area contributed by atoms with Gasteiger partial charge in [0.25, 0.3) is 0 Å². The summed E-state index contributed by atoms with van der Waals surface area (Å²) in [6, 6.07) is 14.1. The van der Waals surface area contributed by atoms with Crippen LogP contribution in [-0.4, -0.2) is 56.7 Å². The Balaban J connectivity index is 1.33. The minimum atomic E-state index is -0.215. The molecule has 5 nitrogen and oxygen atoms in total. The number of rotatable bonds is 8. The second-order valence-corrected chi connectivity index (χ2v) is 7.70. The van der Waals surface area contributed by atoms with Crippen LogP contribution in [0.2, 0.25) is 5.02 Å². The van der Waals surface area contributed by atoms with Crippen molar-refractivity contribution in [3.05, 3.63) is 59.4 Å². The van der Waals surface area contributed by atoms with E-state index in [-0.39, 0.29) is 11.7 Å². The number of carbonyl (C=O) groups is 1. The molecule has 0 unspecified atom stereocenters. The molecule has 0 aliphatic carbocycles. The van der Waals surface area contributed by atoms with E-state index in [0.29, 0.717) is 30.8 Å². The minimum absolute atomic E-state index is 0.00632. The van der Waals surface area contributed by atoms with Gasteiger partial charge in [0.1, 0.15) is 18.2 Å². The van der Waals surface area contributed by atoms with Crippen LogP contribution in [0.4, 0.5) is 10.1 Å². The van der Waals surface area contributed by atoms with E-state index in [2.05, 4.69) is 15.1 Å². The lowest BCUT2D eigenvalue weighted by atomic mass is 10.0. The number of hydrogen-bond acceptors (Lipinski definition) is 4. The van der Waals surface area contributed by atoms with Crippen molar-refractivity contribution in [1.82, 2.24) is 10.2 Å². The third-order valence-corrected chi connectivity index (χ3v) is 5.43. The van der Waals surface area contributed by atoms with Gasteiger partial charge >= 0.3 is 0 Å². The summed E-state index contributed by atoms with van der Waals surface area (Å²) in [6.07, 6.45) is 1.95.